The Balaban J connectivity index is 1.54. The third kappa shape index (κ3) is 2.84. The largest absolute Gasteiger partial charge is 0.337 e. The summed E-state index contributed by atoms with van der Waals surface area (Å²) in [6.45, 7) is 4.50. The molecule has 0 aromatic carbocycles. The highest BCUT2D eigenvalue weighted by atomic mass is 15.0. The Kier molecular flexibility index (Phi) is 3.19. The van der Waals surface area contributed by atoms with Crippen molar-refractivity contribution in [2.24, 2.45) is 5.92 Å². The van der Waals surface area contributed by atoms with Crippen LogP contribution in [-0.4, -0.2) is 22.1 Å². The Bertz CT molecular complexity index is 252. The highest BCUT2D eigenvalue weighted by molar-refractivity contribution is 4.83. The Morgan fingerprint density at radius 3 is 3.07 bits per heavy atom. The van der Waals surface area contributed by atoms with Gasteiger partial charge in [-0.05, 0) is 38.6 Å². The molecule has 0 radical (unpaired) electrons. The normalized spacial score (nSPS) is 18.4. The van der Waals surface area contributed by atoms with Crippen LogP contribution >= 0.6 is 0 Å². The van der Waals surface area contributed by atoms with Crippen LogP contribution in [0.4, 0.5) is 0 Å². The molecule has 3 heteroatoms. The predicted molar refractivity (Wildman–Crippen MR) is 57.0 cm³/mol. The number of nitrogens with zero attached hydrogens (tertiary/aromatic N) is 2. The number of nitrogens with one attached hydrogen (secondary N) is 1. The van der Waals surface area contributed by atoms with E-state index in [1.807, 2.05) is 18.7 Å². The quantitative estimate of drug-likeness (QED) is 0.696. The van der Waals surface area contributed by atoms with Crippen LogP contribution in [0.25, 0.3) is 0 Å². The van der Waals surface area contributed by atoms with Gasteiger partial charge >= 0.3 is 0 Å². The summed E-state index contributed by atoms with van der Waals surface area (Å²) in [6, 6.07) is 0.720. The summed E-state index contributed by atoms with van der Waals surface area (Å²) in [5.74, 6) is 0.961. The minimum Gasteiger partial charge on any atom is -0.337 e. The van der Waals surface area contributed by atoms with E-state index in [1.165, 1.54) is 19.3 Å². The molecule has 1 aromatic heterocycles. The maximum Gasteiger partial charge on any atom is 0.0945 e. The van der Waals surface area contributed by atoms with Crippen LogP contribution < -0.4 is 5.32 Å². The molecule has 1 saturated carbocycles. The van der Waals surface area contributed by atoms with Crippen molar-refractivity contribution in [3.63, 3.8) is 0 Å². The molecular weight excluding hydrogens is 174 g/mol. The first kappa shape index (κ1) is 9.71. The first-order valence-electron chi connectivity index (χ1n) is 5.55. The maximum absolute atomic E-state index is 4.02. The van der Waals surface area contributed by atoms with Crippen molar-refractivity contribution < 1.29 is 0 Å². The molecule has 0 unspecified atom stereocenters. The second-order valence-corrected chi connectivity index (χ2v) is 4.23. The molecule has 0 aliphatic heterocycles. The molecular formula is C11H19N3. The highest BCUT2D eigenvalue weighted by Gasteiger charge is 2.26. The topological polar surface area (TPSA) is 29.9 Å². The lowest BCUT2D eigenvalue weighted by atomic mass is 10.2. The second kappa shape index (κ2) is 4.60. The van der Waals surface area contributed by atoms with Crippen LogP contribution in [0.3, 0.4) is 0 Å². The predicted octanol–water partition coefficient (Wildman–Crippen LogP) is 1.66. The lowest BCUT2D eigenvalue weighted by Gasteiger charge is -2.12. The Labute approximate surface area is 85.5 Å². The molecule has 1 N–H and O–H groups in total. The van der Waals surface area contributed by atoms with E-state index in [1.54, 1.807) is 0 Å². The van der Waals surface area contributed by atoms with Crippen molar-refractivity contribution >= 4 is 0 Å². The molecule has 0 spiro atoms. The zero-order valence-corrected chi connectivity index (χ0v) is 8.82. The van der Waals surface area contributed by atoms with Crippen molar-refractivity contribution in [1.82, 2.24) is 14.9 Å². The van der Waals surface area contributed by atoms with Gasteiger partial charge in [0.2, 0.25) is 0 Å². The molecule has 0 saturated heterocycles. The first-order chi connectivity index (χ1) is 6.86. The summed E-state index contributed by atoms with van der Waals surface area (Å²) in [7, 11) is 0. The van der Waals surface area contributed by atoms with E-state index in [2.05, 4.69) is 21.8 Å². The van der Waals surface area contributed by atoms with Crippen LogP contribution in [0.15, 0.2) is 18.7 Å². The van der Waals surface area contributed by atoms with Crippen LogP contribution in [0.1, 0.15) is 26.2 Å². The molecule has 3 nitrogen and oxygen atoms in total. The van der Waals surface area contributed by atoms with E-state index < -0.39 is 0 Å². The van der Waals surface area contributed by atoms with Gasteiger partial charge in [-0.3, -0.25) is 0 Å². The van der Waals surface area contributed by atoms with Gasteiger partial charge in [-0.1, -0.05) is 0 Å². The van der Waals surface area contributed by atoms with E-state index in [0.717, 1.165) is 25.0 Å². The SMILES string of the molecule is C[C@@H](NCCCn1ccnc1)C1CC1. The maximum atomic E-state index is 4.02. The van der Waals surface area contributed by atoms with E-state index in [4.69, 9.17) is 0 Å². The van der Waals surface area contributed by atoms with Gasteiger partial charge in [0.1, 0.15) is 0 Å². The molecule has 14 heavy (non-hydrogen) atoms. The Morgan fingerprint density at radius 1 is 1.57 bits per heavy atom. The van der Waals surface area contributed by atoms with Crippen LogP contribution in [0, 0.1) is 5.92 Å². The zero-order chi connectivity index (χ0) is 9.80. The van der Waals surface area contributed by atoms with Crippen molar-refractivity contribution in [3.8, 4) is 0 Å². The lowest BCUT2D eigenvalue weighted by molar-refractivity contribution is 0.475. The van der Waals surface area contributed by atoms with E-state index in [0.29, 0.717) is 0 Å². The summed E-state index contributed by atoms with van der Waals surface area (Å²) in [4.78, 5) is 4.02. The summed E-state index contributed by atoms with van der Waals surface area (Å²) in [5, 5.41) is 3.57. The molecule has 78 valence electrons. The van der Waals surface area contributed by atoms with Gasteiger partial charge in [-0.2, -0.15) is 0 Å². The third-order valence-corrected chi connectivity index (χ3v) is 2.95. The monoisotopic (exact) mass is 193 g/mol. The smallest absolute Gasteiger partial charge is 0.0945 e. The average molecular weight is 193 g/mol. The molecule has 2 rings (SSSR count). The second-order valence-electron chi connectivity index (χ2n) is 4.23. The van der Waals surface area contributed by atoms with E-state index in [9.17, 15) is 0 Å². The molecule has 0 amide bonds. The van der Waals surface area contributed by atoms with Crippen molar-refractivity contribution in [2.75, 3.05) is 6.54 Å². The van der Waals surface area contributed by atoms with Crippen LogP contribution in [0.5, 0.6) is 0 Å². The van der Waals surface area contributed by atoms with Gasteiger partial charge in [0, 0.05) is 25.0 Å². The van der Waals surface area contributed by atoms with Gasteiger partial charge < -0.3 is 9.88 Å². The van der Waals surface area contributed by atoms with Crippen molar-refractivity contribution in [2.45, 2.75) is 38.8 Å². The molecule has 1 heterocycles. The first-order valence-corrected chi connectivity index (χ1v) is 5.55. The number of hydrogen-bond donors (Lipinski definition) is 1. The number of aromatic nitrogens is 2. The third-order valence-electron chi connectivity index (χ3n) is 2.95. The highest BCUT2D eigenvalue weighted by Crippen LogP contribution is 2.32. The number of hydrogen-bond acceptors (Lipinski definition) is 2. The van der Waals surface area contributed by atoms with Gasteiger partial charge in [0.25, 0.3) is 0 Å². The minimum absolute atomic E-state index is 0.720. The number of aryl methyl sites for hydroxylation is 1. The number of rotatable bonds is 6. The van der Waals surface area contributed by atoms with Gasteiger partial charge in [0.05, 0.1) is 6.33 Å². The zero-order valence-electron chi connectivity index (χ0n) is 8.82. The van der Waals surface area contributed by atoms with Crippen molar-refractivity contribution in [1.29, 1.82) is 0 Å². The molecule has 1 aliphatic rings. The fourth-order valence-electron chi connectivity index (χ4n) is 1.77. The Morgan fingerprint density at radius 2 is 2.43 bits per heavy atom. The fourth-order valence-corrected chi connectivity index (χ4v) is 1.77. The van der Waals surface area contributed by atoms with Gasteiger partial charge in [-0.15, -0.1) is 0 Å². The standard InChI is InChI=1S/C11H19N3/c1-10(11-3-4-11)13-5-2-7-14-8-6-12-9-14/h6,8-11,13H,2-5,7H2,1H3/t10-/m1/s1. The van der Waals surface area contributed by atoms with Crippen LogP contribution in [0.2, 0.25) is 0 Å². The van der Waals surface area contributed by atoms with Gasteiger partial charge in [-0.25, -0.2) is 4.98 Å². The lowest BCUT2D eigenvalue weighted by Crippen LogP contribution is -2.29. The molecule has 1 fully saturated rings. The van der Waals surface area contributed by atoms with E-state index >= 15 is 0 Å². The summed E-state index contributed by atoms with van der Waals surface area (Å²) in [5.41, 5.74) is 0. The van der Waals surface area contributed by atoms with E-state index in [-0.39, 0.29) is 0 Å². The summed E-state index contributed by atoms with van der Waals surface area (Å²) < 4.78 is 2.13. The molecule has 0 bridgehead atoms. The molecule has 1 aliphatic carbocycles. The summed E-state index contributed by atoms with van der Waals surface area (Å²) >= 11 is 0. The number of imidazole rings is 1. The minimum atomic E-state index is 0.720. The summed E-state index contributed by atoms with van der Waals surface area (Å²) in [6.07, 6.45) is 9.77. The average Bonchev–Trinajstić information content (AvgIpc) is 2.92. The van der Waals surface area contributed by atoms with Crippen molar-refractivity contribution in [3.05, 3.63) is 18.7 Å². The Hall–Kier alpha value is -0.830. The molecule has 1 aromatic rings. The van der Waals surface area contributed by atoms with Crippen LogP contribution in [-0.2, 0) is 6.54 Å². The molecule has 1 atom stereocenters. The van der Waals surface area contributed by atoms with Gasteiger partial charge in [0.15, 0.2) is 0 Å². The fraction of sp³-hybridized carbons (Fsp3) is 0.727.